The fourth-order valence-electron chi connectivity index (χ4n) is 2.23. The van der Waals surface area contributed by atoms with Gasteiger partial charge in [-0.1, -0.05) is 18.2 Å². The summed E-state index contributed by atoms with van der Waals surface area (Å²) in [5.41, 5.74) is 7.72. The third kappa shape index (κ3) is 2.38. The monoisotopic (exact) mass is 282 g/mol. The molecule has 6 nitrogen and oxygen atoms in total. The Hall–Kier alpha value is -3.02. The summed E-state index contributed by atoms with van der Waals surface area (Å²) in [5.74, 6) is -0.352. The molecule has 2 aromatic heterocycles. The van der Waals surface area contributed by atoms with Gasteiger partial charge in [0.25, 0.3) is 5.91 Å². The quantitative estimate of drug-likeness (QED) is 0.587. The Kier molecular flexibility index (Phi) is 3.19. The lowest BCUT2D eigenvalue weighted by Gasteiger charge is -2.12. The number of carbonyl (C=O) groups is 1. The lowest BCUT2D eigenvalue weighted by molar-refractivity contribution is 0.100. The Balaban J connectivity index is 1.99. The number of H-pyrrole nitrogens is 1. The fraction of sp³-hybridized carbons (Fsp3) is 0.0667. The van der Waals surface area contributed by atoms with Crippen LogP contribution in [-0.4, -0.2) is 21.0 Å². The summed E-state index contributed by atoms with van der Waals surface area (Å²) < 4.78 is 0. The third-order valence-electron chi connectivity index (χ3n) is 3.30. The number of nitrogens with one attached hydrogen (secondary N) is 2. The van der Waals surface area contributed by atoms with E-state index in [-0.39, 0.29) is 5.75 Å². The number of aromatic hydroxyl groups is 1. The van der Waals surface area contributed by atoms with E-state index in [4.69, 9.17) is 5.73 Å². The van der Waals surface area contributed by atoms with Crippen LogP contribution in [-0.2, 0) is 6.54 Å². The van der Waals surface area contributed by atoms with Crippen molar-refractivity contribution in [3.05, 3.63) is 53.9 Å². The molecule has 106 valence electrons. The van der Waals surface area contributed by atoms with Gasteiger partial charge in [-0.3, -0.25) is 4.79 Å². The highest BCUT2D eigenvalue weighted by Crippen LogP contribution is 2.26. The molecular weight excluding hydrogens is 268 g/mol. The number of para-hydroxylation sites is 1. The SMILES string of the molecule is NC(=O)c1cnc2[nH]ccc2c1NCc1ccccc1O. The Morgan fingerprint density at radius 2 is 2.14 bits per heavy atom. The minimum absolute atomic E-state index is 0.199. The van der Waals surface area contributed by atoms with Crippen LogP contribution in [0.25, 0.3) is 11.0 Å². The van der Waals surface area contributed by atoms with Gasteiger partial charge in [-0.25, -0.2) is 4.98 Å². The first kappa shape index (κ1) is 13.0. The minimum Gasteiger partial charge on any atom is -0.508 e. The molecule has 0 saturated heterocycles. The molecule has 5 N–H and O–H groups in total. The van der Waals surface area contributed by atoms with Crippen LogP contribution in [0.3, 0.4) is 0 Å². The Morgan fingerprint density at radius 3 is 2.90 bits per heavy atom. The predicted molar refractivity (Wildman–Crippen MR) is 80.0 cm³/mol. The van der Waals surface area contributed by atoms with E-state index in [1.54, 1.807) is 18.3 Å². The molecule has 3 rings (SSSR count). The van der Waals surface area contributed by atoms with E-state index in [0.717, 1.165) is 10.9 Å². The molecule has 2 heterocycles. The van der Waals surface area contributed by atoms with Crippen LogP contribution in [0.15, 0.2) is 42.7 Å². The van der Waals surface area contributed by atoms with Crippen molar-refractivity contribution in [1.29, 1.82) is 0 Å². The normalized spacial score (nSPS) is 10.7. The summed E-state index contributed by atoms with van der Waals surface area (Å²) in [7, 11) is 0. The smallest absolute Gasteiger partial charge is 0.252 e. The highest BCUT2D eigenvalue weighted by Gasteiger charge is 2.14. The van der Waals surface area contributed by atoms with Crippen molar-refractivity contribution >= 4 is 22.6 Å². The van der Waals surface area contributed by atoms with Gasteiger partial charge >= 0.3 is 0 Å². The number of nitrogens with zero attached hydrogens (tertiary/aromatic N) is 1. The number of primary amides is 1. The van der Waals surface area contributed by atoms with Crippen molar-refractivity contribution in [2.45, 2.75) is 6.54 Å². The molecule has 0 radical (unpaired) electrons. The molecule has 0 saturated carbocycles. The topological polar surface area (TPSA) is 104 Å². The lowest BCUT2D eigenvalue weighted by atomic mass is 10.1. The molecule has 0 unspecified atom stereocenters. The standard InChI is InChI=1S/C15H14N4O2/c16-14(21)11-8-19-15-10(5-6-17-15)13(11)18-7-9-3-1-2-4-12(9)20/h1-6,8,20H,7H2,(H2,16,21)(H2,17,18,19). The third-order valence-corrected chi connectivity index (χ3v) is 3.30. The summed E-state index contributed by atoms with van der Waals surface area (Å²) in [4.78, 5) is 18.7. The first-order valence-electron chi connectivity index (χ1n) is 6.43. The molecule has 6 heteroatoms. The van der Waals surface area contributed by atoms with E-state index >= 15 is 0 Å². The van der Waals surface area contributed by atoms with Gasteiger partial charge in [0.2, 0.25) is 0 Å². The summed E-state index contributed by atoms with van der Waals surface area (Å²) in [5, 5.41) is 13.7. The van der Waals surface area contributed by atoms with Gasteiger partial charge in [0, 0.05) is 29.9 Å². The Labute approximate surface area is 120 Å². The number of aromatic amines is 1. The highest BCUT2D eigenvalue weighted by molar-refractivity contribution is 6.05. The van der Waals surface area contributed by atoms with Crippen molar-refractivity contribution < 1.29 is 9.90 Å². The zero-order valence-corrected chi connectivity index (χ0v) is 11.1. The number of amides is 1. The Bertz CT molecular complexity index is 810. The number of phenols is 1. The number of pyridine rings is 1. The maximum atomic E-state index is 11.5. The number of hydrogen-bond donors (Lipinski definition) is 4. The van der Waals surface area contributed by atoms with E-state index in [2.05, 4.69) is 15.3 Å². The maximum absolute atomic E-state index is 11.5. The molecule has 0 bridgehead atoms. The zero-order valence-electron chi connectivity index (χ0n) is 11.1. The van der Waals surface area contributed by atoms with E-state index in [9.17, 15) is 9.90 Å². The van der Waals surface area contributed by atoms with Crippen molar-refractivity contribution in [2.75, 3.05) is 5.32 Å². The molecule has 0 fully saturated rings. The number of aromatic nitrogens is 2. The van der Waals surface area contributed by atoms with Gasteiger partial charge in [0.05, 0.1) is 11.3 Å². The maximum Gasteiger partial charge on any atom is 0.252 e. The van der Waals surface area contributed by atoms with Crippen LogP contribution in [0, 0.1) is 0 Å². The largest absolute Gasteiger partial charge is 0.508 e. The summed E-state index contributed by atoms with van der Waals surface area (Å²) >= 11 is 0. The molecule has 0 atom stereocenters. The summed E-state index contributed by atoms with van der Waals surface area (Å²) in [6.45, 7) is 0.372. The van der Waals surface area contributed by atoms with Crippen molar-refractivity contribution in [3.8, 4) is 5.75 Å². The number of anilines is 1. The van der Waals surface area contributed by atoms with Gasteiger partial charge in [0.15, 0.2) is 0 Å². The average Bonchev–Trinajstić information content (AvgIpc) is 2.94. The van der Waals surface area contributed by atoms with Crippen molar-refractivity contribution in [3.63, 3.8) is 0 Å². The number of benzene rings is 1. The van der Waals surface area contributed by atoms with Crippen LogP contribution in [0.2, 0.25) is 0 Å². The second-order valence-corrected chi connectivity index (χ2v) is 4.63. The lowest BCUT2D eigenvalue weighted by Crippen LogP contribution is -2.15. The molecule has 0 aliphatic heterocycles. The predicted octanol–water partition coefficient (Wildman–Crippen LogP) is 1.98. The van der Waals surface area contributed by atoms with Crippen molar-refractivity contribution in [1.82, 2.24) is 9.97 Å². The first-order valence-corrected chi connectivity index (χ1v) is 6.43. The summed E-state index contributed by atoms with van der Waals surface area (Å²) in [6.07, 6.45) is 3.18. The number of phenolic OH excluding ortho intramolecular Hbond substituents is 1. The fourth-order valence-corrected chi connectivity index (χ4v) is 2.23. The van der Waals surface area contributed by atoms with Gasteiger partial charge in [-0.2, -0.15) is 0 Å². The van der Waals surface area contributed by atoms with Gasteiger partial charge in [-0.15, -0.1) is 0 Å². The van der Waals surface area contributed by atoms with Crippen LogP contribution in [0.4, 0.5) is 5.69 Å². The number of carbonyl (C=O) groups excluding carboxylic acids is 1. The van der Waals surface area contributed by atoms with Crippen LogP contribution < -0.4 is 11.1 Å². The zero-order chi connectivity index (χ0) is 14.8. The minimum atomic E-state index is -0.551. The number of hydrogen-bond acceptors (Lipinski definition) is 4. The molecule has 1 aromatic carbocycles. The first-order chi connectivity index (χ1) is 10.2. The van der Waals surface area contributed by atoms with Crippen molar-refractivity contribution in [2.24, 2.45) is 5.73 Å². The van der Waals surface area contributed by atoms with Gasteiger partial charge in [0.1, 0.15) is 11.4 Å². The van der Waals surface area contributed by atoms with E-state index in [0.29, 0.717) is 23.4 Å². The van der Waals surface area contributed by atoms with E-state index < -0.39 is 5.91 Å². The molecule has 0 aliphatic carbocycles. The molecular formula is C15H14N4O2. The second kappa shape index (κ2) is 5.16. The van der Waals surface area contributed by atoms with E-state index in [1.807, 2.05) is 18.2 Å². The second-order valence-electron chi connectivity index (χ2n) is 4.63. The number of fused-ring (bicyclic) bond motifs is 1. The molecule has 1 amide bonds. The van der Waals surface area contributed by atoms with Gasteiger partial charge < -0.3 is 21.1 Å². The Morgan fingerprint density at radius 1 is 1.33 bits per heavy atom. The van der Waals surface area contributed by atoms with Gasteiger partial charge in [-0.05, 0) is 12.1 Å². The number of nitrogens with two attached hydrogens (primary N) is 1. The van der Waals surface area contributed by atoms with Crippen LogP contribution >= 0.6 is 0 Å². The van der Waals surface area contributed by atoms with Crippen LogP contribution in [0.5, 0.6) is 5.75 Å². The van der Waals surface area contributed by atoms with Crippen LogP contribution in [0.1, 0.15) is 15.9 Å². The molecule has 0 aliphatic rings. The highest BCUT2D eigenvalue weighted by atomic mass is 16.3. The summed E-state index contributed by atoms with van der Waals surface area (Å²) in [6, 6.07) is 8.84. The number of rotatable bonds is 4. The molecule has 3 aromatic rings. The van der Waals surface area contributed by atoms with E-state index in [1.165, 1.54) is 6.20 Å². The average molecular weight is 282 g/mol. The molecule has 0 spiro atoms. The molecule has 21 heavy (non-hydrogen) atoms.